The zero-order chi connectivity index (χ0) is 8.43. The van der Waals surface area contributed by atoms with Gasteiger partial charge in [0.15, 0.2) is 0 Å². The van der Waals surface area contributed by atoms with Gasteiger partial charge in [-0.2, -0.15) is 0 Å². The molecule has 11 heavy (non-hydrogen) atoms. The molecular weight excluding hydrogens is 144 g/mol. The molecular formula is C8H10O3. The van der Waals surface area contributed by atoms with Gasteiger partial charge in [0, 0.05) is 0 Å². The van der Waals surface area contributed by atoms with Crippen LogP contribution in [0.3, 0.4) is 0 Å². The Kier molecular flexibility index (Phi) is 1.98. The van der Waals surface area contributed by atoms with Gasteiger partial charge in [-0.3, -0.25) is 0 Å². The van der Waals surface area contributed by atoms with Crippen LogP contribution in [0.4, 0.5) is 0 Å². The number of carboxylic acid groups (broad SMARTS) is 1. The molecule has 1 N–H and O–H groups in total. The second-order valence-corrected chi connectivity index (χ2v) is 2.70. The van der Waals surface area contributed by atoms with Gasteiger partial charge in [0.05, 0.1) is 6.26 Å². The fourth-order valence-corrected chi connectivity index (χ4v) is 0.766. The molecule has 0 atom stereocenters. The highest BCUT2D eigenvalue weighted by Gasteiger charge is 2.10. The Labute approximate surface area is 64.6 Å². The van der Waals surface area contributed by atoms with E-state index in [-0.39, 0.29) is 5.76 Å². The predicted molar refractivity (Wildman–Crippen MR) is 39.8 cm³/mol. The van der Waals surface area contributed by atoms with Gasteiger partial charge in [-0.05, 0) is 17.5 Å². The minimum atomic E-state index is -1.02. The maximum absolute atomic E-state index is 10.3. The molecule has 0 bridgehead atoms. The largest absolute Gasteiger partial charge is 0.475 e. The van der Waals surface area contributed by atoms with Crippen molar-refractivity contribution in [2.45, 2.75) is 19.8 Å². The quantitative estimate of drug-likeness (QED) is 0.709. The molecule has 0 spiro atoms. The summed E-state index contributed by atoms with van der Waals surface area (Å²) >= 11 is 0. The SMILES string of the molecule is CC(C)c1coc(C(=O)O)c1. The van der Waals surface area contributed by atoms with E-state index in [4.69, 9.17) is 9.52 Å². The molecule has 60 valence electrons. The van der Waals surface area contributed by atoms with Gasteiger partial charge in [-0.1, -0.05) is 13.8 Å². The first-order valence-electron chi connectivity index (χ1n) is 3.43. The summed E-state index contributed by atoms with van der Waals surface area (Å²) in [5, 5.41) is 8.49. The van der Waals surface area contributed by atoms with E-state index in [0.29, 0.717) is 5.92 Å². The third-order valence-corrected chi connectivity index (χ3v) is 1.50. The standard InChI is InChI=1S/C8H10O3/c1-5(2)6-3-7(8(9)10)11-4-6/h3-5H,1-2H3,(H,9,10). The number of hydrogen-bond donors (Lipinski definition) is 1. The molecule has 3 heteroatoms. The van der Waals surface area contributed by atoms with Crippen molar-refractivity contribution in [3.8, 4) is 0 Å². The molecule has 0 aromatic carbocycles. The first-order valence-corrected chi connectivity index (χ1v) is 3.43. The summed E-state index contributed by atoms with van der Waals surface area (Å²) in [5.41, 5.74) is 0.919. The molecule has 1 aromatic heterocycles. The van der Waals surface area contributed by atoms with Crippen LogP contribution in [-0.4, -0.2) is 11.1 Å². The molecule has 0 fully saturated rings. The first-order chi connectivity index (χ1) is 5.11. The number of carboxylic acids is 1. The van der Waals surface area contributed by atoms with Crippen LogP contribution in [-0.2, 0) is 0 Å². The van der Waals surface area contributed by atoms with E-state index in [2.05, 4.69) is 0 Å². The Morgan fingerprint density at radius 2 is 2.27 bits per heavy atom. The minimum absolute atomic E-state index is 0.00806. The van der Waals surface area contributed by atoms with Crippen molar-refractivity contribution in [2.75, 3.05) is 0 Å². The molecule has 1 rings (SSSR count). The molecule has 0 unspecified atom stereocenters. The van der Waals surface area contributed by atoms with Crippen LogP contribution in [0.1, 0.15) is 35.9 Å². The van der Waals surface area contributed by atoms with Crippen LogP contribution in [0.2, 0.25) is 0 Å². The molecule has 3 nitrogen and oxygen atoms in total. The van der Waals surface area contributed by atoms with Gasteiger partial charge in [0.2, 0.25) is 5.76 Å². The second-order valence-electron chi connectivity index (χ2n) is 2.70. The molecule has 1 heterocycles. The highest BCUT2D eigenvalue weighted by atomic mass is 16.4. The lowest BCUT2D eigenvalue weighted by molar-refractivity contribution is 0.0662. The van der Waals surface area contributed by atoms with E-state index >= 15 is 0 Å². The van der Waals surface area contributed by atoms with Crippen LogP contribution >= 0.6 is 0 Å². The van der Waals surface area contributed by atoms with E-state index in [1.165, 1.54) is 6.26 Å². The summed E-state index contributed by atoms with van der Waals surface area (Å²) < 4.78 is 4.79. The Morgan fingerprint density at radius 3 is 2.55 bits per heavy atom. The lowest BCUT2D eigenvalue weighted by Gasteiger charge is -1.95. The van der Waals surface area contributed by atoms with Gasteiger partial charge >= 0.3 is 5.97 Å². The van der Waals surface area contributed by atoms with Gasteiger partial charge in [-0.25, -0.2) is 4.79 Å². The molecule has 0 radical (unpaired) electrons. The van der Waals surface area contributed by atoms with Crippen molar-refractivity contribution in [2.24, 2.45) is 0 Å². The average Bonchev–Trinajstić information content (AvgIpc) is 2.33. The smallest absolute Gasteiger partial charge is 0.371 e. The number of furan rings is 1. The van der Waals surface area contributed by atoms with E-state index in [1.54, 1.807) is 6.07 Å². The molecule has 0 aliphatic heterocycles. The van der Waals surface area contributed by atoms with E-state index in [1.807, 2.05) is 13.8 Å². The highest BCUT2D eigenvalue weighted by Crippen LogP contribution is 2.17. The fourth-order valence-electron chi connectivity index (χ4n) is 0.766. The average molecular weight is 154 g/mol. The normalized spacial score (nSPS) is 10.5. The molecule has 1 aromatic rings. The highest BCUT2D eigenvalue weighted by molar-refractivity contribution is 5.84. The van der Waals surface area contributed by atoms with Crippen LogP contribution in [0, 0.1) is 0 Å². The second kappa shape index (κ2) is 2.78. The number of rotatable bonds is 2. The Morgan fingerprint density at radius 1 is 1.64 bits per heavy atom. The molecule has 0 saturated heterocycles. The Bertz CT molecular complexity index is 260. The predicted octanol–water partition coefficient (Wildman–Crippen LogP) is 2.10. The molecule has 0 aliphatic rings. The van der Waals surface area contributed by atoms with Crippen LogP contribution in [0.15, 0.2) is 16.7 Å². The number of aromatic carboxylic acids is 1. The monoisotopic (exact) mass is 154 g/mol. The summed E-state index contributed by atoms with van der Waals surface area (Å²) in [5.74, 6) is -0.697. The van der Waals surface area contributed by atoms with Gasteiger partial charge in [0.1, 0.15) is 0 Å². The third-order valence-electron chi connectivity index (χ3n) is 1.50. The maximum Gasteiger partial charge on any atom is 0.371 e. The van der Waals surface area contributed by atoms with Crippen molar-refractivity contribution < 1.29 is 14.3 Å². The van der Waals surface area contributed by atoms with E-state index < -0.39 is 5.97 Å². The summed E-state index contributed by atoms with van der Waals surface area (Å²) in [6.45, 7) is 3.97. The van der Waals surface area contributed by atoms with E-state index in [0.717, 1.165) is 5.56 Å². The minimum Gasteiger partial charge on any atom is -0.475 e. The summed E-state index contributed by atoms with van der Waals surface area (Å²) in [4.78, 5) is 10.3. The summed E-state index contributed by atoms with van der Waals surface area (Å²) in [7, 11) is 0. The number of hydrogen-bond acceptors (Lipinski definition) is 2. The van der Waals surface area contributed by atoms with E-state index in [9.17, 15) is 4.79 Å². The molecule has 0 saturated carbocycles. The van der Waals surface area contributed by atoms with Crippen molar-refractivity contribution in [3.63, 3.8) is 0 Å². The molecule has 0 aliphatic carbocycles. The maximum atomic E-state index is 10.3. The van der Waals surface area contributed by atoms with Gasteiger partial charge in [0.25, 0.3) is 0 Å². The van der Waals surface area contributed by atoms with Crippen LogP contribution in [0.5, 0.6) is 0 Å². The third kappa shape index (κ3) is 1.61. The van der Waals surface area contributed by atoms with Crippen molar-refractivity contribution >= 4 is 5.97 Å². The zero-order valence-electron chi connectivity index (χ0n) is 6.50. The van der Waals surface area contributed by atoms with Crippen molar-refractivity contribution in [1.29, 1.82) is 0 Å². The lowest BCUT2D eigenvalue weighted by Crippen LogP contribution is -1.92. The zero-order valence-corrected chi connectivity index (χ0v) is 6.50. The van der Waals surface area contributed by atoms with Gasteiger partial charge < -0.3 is 9.52 Å². The van der Waals surface area contributed by atoms with Crippen molar-refractivity contribution in [3.05, 3.63) is 23.7 Å². The van der Waals surface area contributed by atoms with Gasteiger partial charge in [-0.15, -0.1) is 0 Å². The number of carbonyl (C=O) groups is 1. The summed E-state index contributed by atoms with van der Waals surface area (Å²) in [6, 6.07) is 1.55. The van der Waals surface area contributed by atoms with Crippen molar-refractivity contribution in [1.82, 2.24) is 0 Å². The van der Waals surface area contributed by atoms with Crippen LogP contribution in [0.25, 0.3) is 0 Å². The lowest BCUT2D eigenvalue weighted by atomic mass is 10.1. The fraction of sp³-hybridized carbons (Fsp3) is 0.375. The summed E-state index contributed by atoms with van der Waals surface area (Å²) in [6.07, 6.45) is 1.48. The molecule has 0 amide bonds. The van der Waals surface area contributed by atoms with Crippen LogP contribution < -0.4 is 0 Å². The Hall–Kier alpha value is -1.25. The Balaban J connectivity index is 2.90. The first kappa shape index (κ1) is 7.85. The topological polar surface area (TPSA) is 50.4 Å².